The van der Waals surface area contributed by atoms with Gasteiger partial charge < -0.3 is 35.2 Å². The second kappa shape index (κ2) is 16.5. The Morgan fingerprint density at radius 2 is 1.77 bits per heavy atom. The summed E-state index contributed by atoms with van der Waals surface area (Å²) in [4.78, 5) is 64.5. The maximum Gasteiger partial charge on any atom is 1.00 e. The summed E-state index contributed by atoms with van der Waals surface area (Å²) in [7, 11) is -5.44. The summed E-state index contributed by atoms with van der Waals surface area (Å²) in [6, 6.07) is 6.42. The first kappa shape index (κ1) is 36.6. The van der Waals surface area contributed by atoms with Crippen LogP contribution in [0.5, 0.6) is 0 Å². The molecule has 232 valence electrons. The summed E-state index contributed by atoms with van der Waals surface area (Å²) in [6.07, 6.45) is -0.574. The SMILES string of the molecule is CC(C)C[C@H](NC(=O)OCC1CN(C(=O)Cc2ccccc2)C1)C(=O)N[C@@H](C[C@H]1CCNC1=O)C(=O)C(O)S(=O)(=O)[O-].[Na+]. The van der Waals surface area contributed by atoms with Gasteiger partial charge in [-0.25, -0.2) is 13.2 Å². The van der Waals surface area contributed by atoms with Crippen LogP contribution < -0.4 is 45.5 Å². The normalized spacial score (nSPS) is 18.9. The number of ketones is 1. The fourth-order valence-corrected chi connectivity index (χ4v) is 5.28. The third-order valence-electron chi connectivity index (χ3n) is 7.13. The van der Waals surface area contributed by atoms with E-state index in [4.69, 9.17) is 4.74 Å². The number of nitrogens with zero attached hydrogens (tertiary/aromatic N) is 1. The van der Waals surface area contributed by atoms with Crippen LogP contribution in [0.15, 0.2) is 30.3 Å². The number of hydrogen-bond donors (Lipinski definition) is 4. The molecule has 2 fully saturated rings. The van der Waals surface area contributed by atoms with Gasteiger partial charge in [-0.3, -0.25) is 19.2 Å². The van der Waals surface area contributed by atoms with Crippen molar-refractivity contribution in [1.82, 2.24) is 20.9 Å². The van der Waals surface area contributed by atoms with Crippen LogP contribution in [0.4, 0.5) is 4.79 Å². The molecule has 14 nitrogen and oxygen atoms in total. The van der Waals surface area contributed by atoms with Crippen LogP contribution in [-0.4, -0.2) is 96.3 Å². The zero-order valence-electron chi connectivity index (χ0n) is 24.5. The molecule has 0 saturated carbocycles. The topological polar surface area (TPSA) is 211 Å². The monoisotopic (exact) mass is 632 g/mol. The van der Waals surface area contributed by atoms with E-state index in [1.54, 1.807) is 18.7 Å². The largest absolute Gasteiger partial charge is 1.00 e. The van der Waals surface area contributed by atoms with E-state index in [1.165, 1.54) is 0 Å². The molecule has 43 heavy (non-hydrogen) atoms. The molecule has 4 N–H and O–H groups in total. The third kappa shape index (κ3) is 11.1. The molecule has 0 aliphatic carbocycles. The predicted octanol–water partition coefficient (Wildman–Crippen LogP) is -3.72. The van der Waals surface area contributed by atoms with E-state index in [-0.39, 0.29) is 73.2 Å². The minimum absolute atomic E-state index is 0. The van der Waals surface area contributed by atoms with Gasteiger partial charge in [0.1, 0.15) is 16.2 Å². The number of rotatable bonds is 14. The minimum Gasteiger partial charge on any atom is -0.746 e. The van der Waals surface area contributed by atoms with E-state index in [0.29, 0.717) is 26.1 Å². The summed E-state index contributed by atoms with van der Waals surface area (Å²) in [5.41, 5.74) is -2.04. The van der Waals surface area contributed by atoms with Gasteiger partial charge in [-0.15, -0.1) is 0 Å². The number of nitrogens with one attached hydrogen (secondary N) is 3. The second-order valence-corrected chi connectivity index (χ2v) is 12.5. The van der Waals surface area contributed by atoms with Crippen LogP contribution in [-0.2, 0) is 40.5 Å². The van der Waals surface area contributed by atoms with Crippen LogP contribution in [0.1, 0.15) is 38.7 Å². The Kier molecular flexibility index (Phi) is 14.1. The van der Waals surface area contributed by atoms with Crippen LogP contribution in [0, 0.1) is 17.8 Å². The Bertz CT molecular complexity index is 1260. The molecule has 2 saturated heterocycles. The standard InChI is InChI=1S/C27H38N4O10S.Na/c1-16(2)10-21(25(35)29-20(12-19-8-9-28-24(19)34)23(33)26(36)42(38,39)40)30-27(37)41-15-18-13-31(14-18)22(32)11-17-6-4-3-5-7-17;/h3-7,16,18-21,26,36H,8-15H2,1-2H3,(H,28,34)(H,29,35)(H,30,37)(H,38,39,40);/q;+1/p-1/t19-,20+,21+,26?;/m1./s1. The fourth-order valence-electron chi connectivity index (χ4n) is 4.83. The first-order valence-corrected chi connectivity index (χ1v) is 15.2. The average Bonchev–Trinajstić information content (AvgIpc) is 3.29. The Hall–Kier alpha value is -2.56. The number of carbonyl (C=O) groups excluding carboxylic acids is 5. The zero-order valence-corrected chi connectivity index (χ0v) is 27.3. The minimum atomic E-state index is -5.44. The first-order chi connectivity index (χ1) is 19.7. The van der Waals surface area contributed by atoms with Gasteiger partial charge in [0.25, 0.3) is 0 Å². The number of benzene rings is 1. The van der Waals surface area contributed by atoms with Gasteiger partial charge in [0.05, 0.1) is 19.1 Å². The Labute approximate surface area is 272 Å². The Morgan fingerprint density at radius 3 is 2.33 bits per heavy atom. The maximum atomic E-state index is 13.1. The molecule has 1 aromatic carbocycles. The summed E-state index contributed by atoms with van der Waals surface area (Å²) < 4.78 is 39.1. The molecular weight excluding hydrogens is 595 g/mol. The van der Waals surface area contributed by atoms with Gasteiger partial charge in [-0.1, -0.05) is 44.2 Å². The molecule has 1 unspecified atom stereocenters. The molecule has 1 aromatic rings. The van der Waals surface area contributed by atoms with Crippen molar-refractivity contribution in [1.29, 1.82) is 0 Å². The van der Waals surface area contributed by atoms with Gasteiger partial charge >= 0.3 is 35.7 Å². The molecular formula is C27H37N4NaO10S. The maximum absolute atomic E-state index is 13.1. The van der Waals surface area contributed by atoms with Crippen molar-refractivity contribution < 1.29 is 76.3 Å². The van der Waals surface area contributed by atoms with E-state index in [0.717, 1.165) is 5.56 Å². The third-order valence-corrected chi connectivity index (χ3v) is 7.91. The zero-order chi connectivity index (χ0) is 31.0. The molecule has 0 bridgehead atoms. The number of carbonyl (C=O) groups is 5. The molecule has 2 heterocycles. The molecule has 4 amide bonds. The summed E-state index contributed by atoms with van der Waals surface area (Å²) in [5, 5.41) is 17.1. The number of aliphatic hydroxyl groups excluding tert-OH is 1. The van der Waals surface area contributed by atoms with Crippen LogP contribution >= 0.6 is 0 Å². The molecule has 0 spiro atoms. The molecule has 3 rings (SSSR count). The van der Waals surface area contributed by atoms with E-state index in [9.17, 15) is 42.0 Å². The van der Waals surface area contributed by atoms with Crippen molar-refractivity contribution in [3.05, 3.63) is 35.9 Å². The fraction of sp³-hybridized carbons (Fsp3) is 0.593. The van der Waals surface area contributed by atoms with E-state index >= 15 is 0 Å². The number of ether oxygens (including phenoxy) is 1. The van der Waals surface area contributed by atoms with Crippen molar-refractivity contribution >= 4 is 39.7 Å². The van der Waals surface area contributed by atoms with Gasteiger partial charge in [0.2, 0.25) is 23.2 Å². The molecule has 16 heteroatoms. The molecule has 4 atom stereocenters. The van der Waals surface area contributed by atoms with Gasteiger partial charge in [-0.2, -0.15) is 0 Å². The summed E-state index contributed by atoms with van der Waals surface area (Å²) in [6.45, 7) is 4.70. The number of Topliss-reactive ketones (excluding diaryl/α,β-unsaturated/α-hetero) is 1. The number of aliphatic hydroxyl groups is 1. The summed E-state index contributed by atoms with van der Waals surface area (Å²) in [5.74, 6) is -3.76. The smallest absolute Gasteiger partial charge is 0.746 e. The average molecular weight is 633 g/mol. The van der Waals surface area contributed by atoms with Crippen LogP contribution in [0.25, 0.3) is 0 Å². The Morgan fingerprint density at radius 1 is 1.12 bits per heavy atom. The molecule has 0 radical (unpaired) electrons. The number of amides is 4. The Balaban J connectivity index is 0.00000645. The van der Waals surface area contributed by atoms with Crippen molar-refractivity contribution in [2.24, 2.45) is 17.8 Å². The second-order valence-electron chi connectivity index (χ2n) is 11.1. The van der Waals surface area contributed by atoms with Crippen LogP contribution in [0.2, 0.25) is 0 Å². The van der Waals surface area contributed by atoms with E-state index < -0.39 is 57.2 Å². The van der Waals surface area contributed by atoms with Crippen molar-refractivity contribution in [2.75, 3.05) is 26.2 Å². The van der Waals surface area contributed by atoms with Crippen molar-refractivity contribution in [3.63, 3.8) is 0 Å². The number of likely N-dealkylation sites (tertiary alicyclic amines) is 1. The summed E-state index contributed by atoms with van der Waals surface area (Å²) >= 11 is 0. The molecule has 2 aliphatic heterocycles. The van der Waals surface area contributed by atoms with Gasteiger partial charge in [0, 0.05) is 31.5 Å². The molecule has 2 aliphatic rings. The number of hydrogen-bond acceptors (Lipinski definition) is 10. The van der Waals surface area contributed by atoms with E-state index in [2.05, 4.69) is 16.0 Å². The van der Waals surface area contributed by atoms with Gasteiger partial charge in [-0.05, 0) is 30.7 Å². The first-order valence-electron chi connectivity index (χ1n) is 13.7. The van der Waals surface area contributed by atoms with Crippen molar-refractivity contribution in [2.45, 2.75) is 57.1 Å². The molecule has 0 aromatic heterocycles. The van der Waals surface area contributed by atoms with Crippen LogP contribution in [0.3, 0.4) is 0 Å². The predicted molar refractivity (Wildman–Crippen MR) is 146 cm³/mol. The number of alkyl carbamates (subject to hydrolysis) is 1. The van der Waals surface area contributed by atoms with Gasteiger partial charge in [0.15, 0.2) is 5.78 Å². The quantitative estimate of drug-likeness (QED) is 0.116. The van der Waals surface area contributed by atoms with Crippen molar-refractivity contribution in [3.8, 4) is 0 Å². The van der Waals surface area contributed by atoms with E-state index in [1.807, 2.05) is 30.3 Å².